The molecule has 68 valence electrons. The van der Waals surface area contributed by atoms with Gasteiger partial charge in [-0.2, -0.15) is 0 Å². The largest absolute Gasteiger partial charge is 0.317 e. The molecule has 1 aliphatic rings. The second-order valence-electron chi connectivity index (χ2n) is 2.70. The van der Waals surface area contributed by atoms with Crippen molar-refractivity contribution in [1.82, 2.24) is 5.32 Å². The maximum absolute atomic E-state index is 4.76. The molecular weight excluding hydrogens is 181 g/mol. The molecule has 1 aliphatic heterocycles. The lowest BCUT2D eigenvalue weighted by Gasteiger charge is -2.20. The van der Waals surface area contributed by atoms with Crippen molar-refractivity contribution < 1.29 is 0 Å². The number of alkyl halides is 2. The van der Waals surface area contributed by atoms with E-state index in [0.717, 1.165) is 5.92 Å². The van der Waals surface area contributed by atoms with Gasteiger partial charge in [-0.25, -0.2) is 0 Å². The second-order valence-corrected chi connectivity index (χ2v) is 3.51. The molecule has 1 N–H and O–H groups in total. The van der Waals surface area contributed by atoms with Crippen LogP contribution in [0.25, 0.3) is 0 Å². The molecule has 0 radical (unpaired) electrons. The van der Waals surface area contributed by atoms with Crippen LogP contribution >= 0.6 is 23.2 Å². The van der Waals surface area contributed by atoms with E-state index in [-0.39, 0.29) is 5.34 Å². The molecule has 1 fully saturated rings. The average molecular weight is 198 g/mol. The van der Waals surface area contributed by atoms with Crippen LogP contribution in [0.15, 0.2) is 0 Å². The summed E-state index contributed by atoms with van der Waals surface area (Å²) in [5.41, 5.74) is 0. The Morgan fingerprint density at radius 2 is 1.73 bits per heavy atom. The van der Waals surface area contributed by atoms with Crippen molar-refractivity contribution >= 4 is 23.2 Å². The van der Waals surface area contributed by atoms with Gasteiger partial charge in [-0.3, -0.25) is 0 Å². The Balaban J connectivity index is 0.000000292. The molecule has 0 aromatic rings. The first-order chi connectivity index (χ1) is 5.35. The van der Waals surface area contributed by atoms with Crippen molar-refractivity contribution in [1.29, 1.82) is 0 Å². The first kappa shape index (κ1) is 11.5. The fourth-order valence-corrected chi connectivity index (χ4v) is 1.29. The average Bonchev–Trinajstić information content (AvgIpc) is 2.08. The van der Waals surface area contributed by atoms with Gasteiger partial charge in [-0.15, -0.1) is 23.2 Å². The Hall–Kier alpha value is 0.540. The summed E-state index contributed by atoms with van der Waals surface area (Å²) in [7, 11) is 0. The molecule has 0 unspecified atom stereocenters. The summed E-state index contributed by atoms with van der Waals surface area (Å²) in [6.45, 7) is 4.78. The molecule has 0 aromatic heterocycles. The van der Waals surface area contributed by atoms with Crippen LogP contribution in [0, 0.1) is 5.92 Å². The number of rotatable bonds is 1. The third-order valence-corrected chi connectivity index (χ3v) is 2.04. The van der Waals surface area contributed by atoms with Crippen LogP contribution in [-0.2, 0) is 0 Å². The Bertz CT molecular complexity index is 72.5. The predicted octanol–water partition coefficient (Wildman–Crippen LogP) is 2.82. The molecule has 0 saturated carbocycles. The molecule has 0 spiro atoms. The number of hydrogen-bond acceptors (Lipinski definition) is 1. The van der Waals surface area contributed by atoms with Gasteiger partial charge in [-0.05, 0) is 31.8 Å². The fourth-order valence-electron chi connectivity index (χ4n) is 1.29. The fraction of sp³-hybridized carbons (Fsp3) is 1.00. The highest BCUT2D eigenvalue weighted by Crippen LogP contribution is 2.13. The van der Waals surface area contributed by atoms with Crippen molar-refractivity contribution in [3.8, 4) is 0 Å². The molecule has 0 aromatic carbocycles. The normalized spacial score (nSPS) is 18.8. The van der Waals surface area contributed by atoms with Gasteiger partial charge in [0.15, 0.2) is 0 Å². The molecule has 11 heavy (non-hydrogen) atoms. The molecule has 0 bridgehead atoms. The van der Waals surface area contributed by atoms with E-state index in [4.69, 9.17) is 23.2 Å². The van der Waals surface area contributed by atoms with Gasteiger partial charge in [0.2, 0.25) is 0 Å². The Morgan fingerprint density at radius 3 is 2.00 bits per heavy atom. The lowest BCUT2D eigenvalue weighted by Crippen LogP contribution is -2.27. The van der Waals surface area contributed by atoms with Crippen LogP contribution in [0.1, 0.15) is 26.2 Å². The lowest BCUT2D eigenvalue weighted by atomic mass is 9.96. The topological polar surface area (TPSA) is 12.0 Å². The van der Waals surface area contributed by atoms with Gasteiger partial charge in [0.25, 0.3) is 0 Å². The van der Waals surface area contributed by atoms with E-state index in [1.54, 1.807) is 0 Å². The van der Waals surface area contributed by atoms with Gasteiger partial charge in [-0.1, -0.05) is 13.3 Å². The molecule has 0 atom stereocenters. The number of halogens is 2. The number of hydrogen-bond donors (Lipinski definition) is 1. The zero-order chi connectivity index (χ0) is 8.53. The van der Waals surface area contributed by atoms with E-state index < -0.39 is 0 Å². The Morgan fingerprint density at radius 1 is 1.27 bits per heavy atom. The molecule has 0 aliphatic carbocycles. The van der Waals surface area contributed by atoms with Gasteiger partial charge in [0.1, 0.15) is 0 Å². The van der Waals surface area contributed by atoms with Crippen LogP contribution in [0.5, 0.6) is 0 Å². The van der Waals surface area contributed by atoms with Crippen LogP contribution in [0.2, 0.25) is 0 Å². The predicted molar refractivity (Wildman–Crippen MR) is 52.5 cm³/mol. The summed E-state index contributed by atoms with van der Waals surface area (Å²) in [5.74, 6) is 1.02. The summed E-state index contributed by atoms with van der Waals surface area (Å²) in [5, 5.41) is 3.54. The van der Waals surface area contributed by atoms with Crippen molar-refractivity contribution in [2.24, 2.45) is 5.92 Å². The minimum atomic E-state index is 0.194. The molecule has 1 nitrogen and oxygen atoms in total. The quantitative estimate of drug-likeness (QED) is 0.639. The van der Waals surface area contributed by atoms with E-state index in [1.807, 2.05) is 0 Å². The molecule has 1 heterocycles. The molecule has 1 saturated heterocycles. The van der Waals surface area contributed by atoms with Gasteiger partial charge in [0, 0.05) is 0 Å². The summed E-state index contributed by atoms with van der Waals surface area (Å²) >= 11 is 9.53. The minimum absolute atomic E-state index is 0.194. The van der Waals surface area contributed by atoms with E-state index in [2.05, 4.69) is 12.2 Å². The first-order valence-electron chi connectivity index (χ1n) is 4.17. The van der Waals surface area contributed by atoms with Crippen molar-refractivity contribution in [2.45, 2.75) is 26.2 Å². The minimum Gasteiger partial charge on any atom is -0.317 e. The molecule has 3 heteroatoms. The van der Waals surface area contributed by atoms with Crippen molar-refractivity contribution in [3.05, 3.63) is 0 Å². The van der Waals surface area contributed by atoms with E-state index in [0.29, 0.717) is 0 Å². The van der Waals surface area contributed by atoms with Crippen LogP contribution < -0.4 is 5.32 Å². The first-order valence-corrected chi connectivity index (χ1v) is 5.24. The summed E-state index contributed by atoms with van der Waals surface area (Å²) in [6, 6.07) is 0. The zero-order valence-electron chi connectivity index (χ0n) is 7.08. The highest BCUT2D eigenvalue weighted by Gasteiger charge is 2.08. The Labute approximate surface area is 79.5 Å². The van der Waals surface area contributed by atoms with Crippen molar-refractivity contribution in [3.63, 3.8) is 0 Å². The second kappa shape index (κ2) is 8.63. The standard InChI is InChI=1S/C7H15N.CH2Cl2/c1-2-7-3-5-8-6-4-7;2-1-3/h7-8H,2-6H2,1H3;1H2. The summed E-state index contributed by atoms with van der Waals surface area (Å²) in [6.07, 6.45) is 4.18. The third kappa shape index (κ3) is 6.92. The third-order valence-electron chi connectivity index (χ3n) is 2.04. The Kier molecular flexibility index (Phi) is 9.06. The maximum Gasteiger partial charge on any atom is 0.0967 e. The van der Waals surface area contributed by atoms with Crippen LogP contribution in [0.3, 0.4) is 0 Å². The molecule has 0 amide bonds. The monoisotopic (exact) mass is 197 g/mol. The van der Waals surface area contributed by atoms with Gasteiger partial charge in [0.05, 0.1) is 5.34 Å². The smallest absolute Gasteiger partial charge is 0.0967 e. The molecular formula is C8H17Cl2N. The van der Waals surface area contributed by atoms with Gasteiger partial charge < -0.3 is 5.32 Å². The van der Waals surface area contributed by atoms with Crippen LogP contribution in [0.4, 0.5) is 0 Å². The number of piperidine rings is 1. The lowest BCUT2D eigenvalue weighted by molar-refractivity contribution is 0.365. The number of nitrogens with one attached hydrogen (secondary N) is 1. The highest BCUT2D eigenvalue weighted by molar-refractivity contribution is 6.40. The van der Waals surface area contributed by atoms with E-state index in [9.17, 15) is 0 Å². The summed E-state index contributed by atoms with van der Waals surface area (Å²) < 4.78 is 0. The SMILES string of the molecule is CCC1CCNCC1.ClCCl. The molecule has 1 rings (SSSR count). The van der Waals surface area contributed by atoms with Crippen LogP contribution in [-0.4, -0.2) is 18.4 Å². The summed E-state index contributed by atoms with van der Waals surface area (Å²) in [4.78, 5) is 0. The van der Waals surface area contributed by atoms with Gasteiger partial charge >= 0.3 is 0 Å². The van der Waals surface area contributed by atoms with Crippen molar-refractivity contribution in [2.75, 3.05) is 18.4 Å². The van der Waals surface area contributed by atoms with E-state index in [1.165, 1.54) is 32.4 Å². The van der Waals surface area contributed by atoms with E-state index >= 15 is 0 Å². The maximum atomic E-state index is 4.76. The zero-order valence-corrected chi connectivity index (χ0v) is 8.59. The highest BCUT2D eigenvalue weighted by atomic mass is 35.5.